The summed E-state index contributed by atoms with van der Waals surface area (Å²) in [6.07, 6.45) is 6.49. The van der Waals surface area contributed by atoms with Crippen molar-refractivity contribution in [2.75, 3.05) is 12.5 Å². The van der Waals surface area contributed by atoms with Gasteiger partial charge in [0.2, 0.25) is 0 Å². The van der Waals surface area contributed by atoms with Gasteiger partial charge in [0.15, 0.2) is 5.65 Å². The number of nitrogens with one attached hydrogen (secondary N) is 1. The highest BCUT2D eigenvalue weighted by atomic mass is 16.5. The highest BCUT2D eigenvalue weighted by Gasteiger charge is 2.14. The third-order valence-electron chi connectivity index (χ3n) is 5.08. The van der Waals surface area contributed by atoms with Crippen molar-refractivity contribution in [1.82, 2.24) is 19.7 Å². The van der Waals surface area contributed by atoms with Gasteiger partial charge in [-0.25, -0.2) is 5.43 Å². The van der Waals surface area contributed by atoms with Gasteiger partial charge in [0.05, 0.1) is 18.8 Å². The lowest BCUT2D eigenvalue weighted by Crippen LogP contribution is -2.03. The van der Waals surface area contributed by atoms with Crippen molar-refractivity contribution < 1.29 is 4.74 Å². The van der Waals surface area contributed by atoms with Gasteiger partial charge in [-0.05, 0) is 30.2 Å². The summed E-state index contributed by atoms with van der Waals surface area (Å²) >= 11 is 0. The van der Waals surface area contributed by atoms with E-state index in [2.05, 4.69) is 50.4 Å². The summed E-state index contributed by atoms with van der Waals surface area (Å²) in [6, 6.07) is 15.9. The number of methoxy groups -OCH3 is 1. The summed E-state index contributed by atoms with van der Waals surface area (Å²) < 4.78 is 7.48. The van der Waals surface area contributed by atoms with Gasteiger partial charge in [0.25, 0.3) is 5.95 Å². The van der Waals surface area contributed by atoms with E-state index in [0.29, 0.717) is 5.95 Å². The molecule has 1 N–H and O–H groups in total. The normalized spacial score (nSPS) is 11.5. The predicted molar refractivity (Wildman–Crippen MR) is 121 cm³/mol. The van der Waals surface area contributed by atoms with Crippen molar-refractivity contribution in [3.05, 3.63) is 54.1 Å². The number of hydrazone groups is 1. The molecule has 0 radical (unpaired) electrons. The lowest BCUT2D eigenvalue weighted by atomic mass is 10.2. The zero-order valence-corrected chi connectivity index (χ0v) is 17.4. The average molecular weight is 403 g/mol. The molecular weight excluding hydrogens is 376 g/mol. The summed E-state index contributed by atoms with van der Waals surface area (Å²) in [4.78, 5) is 4.72. The van der Waals surface area contributed by atoms with Gasteiger partial charge in [0.1, 0.15) is 11.3 Å². The van der Waals surface area contributed by atoms with Crippen LogP contribution in [0.5, 0.6) is 5.75 Å². The largest absolute Gasteiger partial charge is 0.497 e. The molecule has 0 spiro atoms. The van der Waals surface area contributed by atoms with Gasteiger partial charge in [-0.2, -0.15) is 10.1 Å². The Hall–Kier alpha value is -3.48. The fraction of sp³-hybridized carbons (Fsp3) is 0.304. The highest BCUT2D eigenvalue weighted by Crippen LogP contribution is 2.27. The number of hydrogen-bond donors (Lipinski definition) is 1. The molecule has 0 amide bonds. The molecule has 7 heteroatoms. The van der Waals surface area contributed by atoms with E-state index in [1.54, 1.807) is 13.3 Å². The zero-order chi connectivity index (χ0) is 20.8. The van der Waals surface area contributed by atoms with E-state index in [1.807, 2.05) is 30.3 Å². The lowest BCUT2D eigenvalue weighted by molar-refractivity contribution is 0.415. The molecule has 4 aromatic rings. The summed E-state index contributed by atoms with van der Waals surface area (Å²) in [5, 5.41) is 14.0. The number of hydrogen-bond acceptors (Lipinski definition) is 6. The fourth-order valence-corrected chi connectivity index (χ4v) is 3.56. The van der Waals surface area contributed by atoms with Crippen LogP contribution in [0.3, 0.4) is 0 Å². The number of unbranched alkanes of at least 4 members (excludes halogenated alkanes) is 3. The number of rotatable bonds is 9. The molecular formula is C23H26N6O. The minimum absolute atomic E-state index is 0.374. The molecule has 4 rings (SSSR count). The zero-order valence-electron chi connectivity index (χ0n) is 17.4. The SMILES string of the molecule is CCCCCCn1c2ccccc2c2nnc(N/N=C/c3cccc(OC)c3)nc21. The molecule has 0 aliphatic rings. The smallest absolute Gasteiger partial charge is 0.265 e. The van der Waals surface area contributed by atoms with Crippen LogP contribution >= 0.6 is 0 Å². The van der Waals surface area contributed by atoms with Gasteiger partial charge in [-0.3, -0.25) is 0 Å². The van der Waals surface area contributed by atoms with Gasteiger partial charge in [-0.15, -0.1) is 10.2 Å². The van der Waals surface area contributed by atoms with E-state index in [0.717, 1.165) is 46.3 Å². The summed E-state index contributed by atoms with van der Waals surface area (Å²) in [5.74, 6) is 1.16. The number of benzene rings is 2. The van der Waals surface area contributed by atoms with E-state index >= 15 is 0 Å². The Morgan fingerprint density at radius 3 is 2.83 bits per heavy atom. The Kier molecular flexibility index (Phi) is 6.17. The van der Waals surface area contributed by atoms with Crippen LogP contribution < -0.4 is 10.2 Å². The summed E-state index contributed by atoms with van der Waals surface area (Å²) in [6.45, 7) is 3.14. The Labute approximate surface area is 175 Å². The quantitative estimate of drug-likeness (QED) is 0.242. The van der Waals surface area contributed by atoms with E-state index in [4.69, 9.17) is 9.72 Å². The molecule has 0 saturated heterocycles. The van der Waals surface area contributed by atoms with Crippen LogP contribution in [-0.2, 0) is 6.54 Å². The molecule has 0 aliphatic carbocycles. The van der Waals surface area contributed by atoms with Gasteiger partial charge < -0.3 is 9.30 Å². The molecule has 0 atom stereocenters. The van der Waals surface area contributed by atoms with Crippen LogP contribution in [0.2, 0.25) is 0 Å². The Morgan fingerprint density at radius 2 is 1.97 bits per heavy atom. The molecule has 2 heterocycles. The first-order valence-corrected chi connectivity index (χ1v) is 10.3. The molecule has 154 valence electrons. The van der Waals surface area contributed by atoms with Crippen LogP contribution in [0.1, 0.15) is 38.2 Å². The van der Waals surface area contributed by atoms with Crippen molar-refractivity contribution in [2.24, 2.45) is 5.10 Å². The average Bonchev–Trinajstić information content (AvgIpc) is 3.10. The van der Waals surface area contributed by atoms with Gasteiger partial charge in [-0.1, -0.05) is 56.5 Å². The molecule has 0 unspecified atom stereocenters. The van der Waals surface area contributed by atoms with E-state index in [-0.39, 0.29) is 0 Å². The minimum Gasteiger partial charge on any atom is -0.497 e. The third kappa shape index (κ3) is 4.25. The van der Waals surface area contributed by atoms with E-state index in [9.17, 15) is 0 Å². The maximum atomic E-state index is 5.24. The first-order chi connectivity index (χ1) is 14.8. The number of anilines is 1. The second kappa shape index (κ2) is 9.35. The number of fused-ring (bicyclic) bond motifs is 3. The lowest BCUT2D eigenvalue weighted by Gasteiger charge is -2.06. The summed E-state index contributed by atoms with van der Waals surface area (Å²) in [5.41, 5.74) is 6.62. The van der Waals surface area contributed by atoms with Crippen LogP contribution in [0.4, 0.5) is 5.95 Å². The van der Waals surface area contributed by atoms with E-state index < -0.39 is 0 Å². The maximum absolute atomic E-state index is 5.24. The first kappa shape index (κ1) is 19.8. The first-order valence-electron chi connectivity index (χ1n) is 10.3. The molecule has 30 heavy (non-hydrogen) atoms. The monoisotopic (exact) mass is 402 g/mol. The molecule has 2 aromatic heterocycles. The number of para-hydroxylation sites is 1. The molecule has 0 fully saturated rings. The Morgan fingerprint density at radius 1 is 1.07 bits per heavy atom. The maximum Gasteiger partial charge on any atom is 0.265 e. The number of ether oxygens (including phenoxy) is 1. The van der Waals surface area contributed by atoms with Crippen molar-refractivity contribution in [1.29, 1.82) is 0 Å². The van der Waals surface area contributed by atoms with Gasteiger partial charge >= 0.3 is 0 Å². The van der Waals surface area contributed by atoms with Crippen LogP contribution in [0, 0.1) is 0 Å². The van der Waals surface area contributed by atoms with Gasteiger partial charge in [0, 0.05) is 11.9 Å². The minimum atomic E-state index is 0.374. The molecule has 7 nitrogen and oxygen atoms in total. The highest BCUT2D eigenvalue weighted by molar-refractivity contribution is 6.04. The fourth-order valence-electron chi connectivity index (χ4n) is 3.56. The molecule has 2 aromatic carbocycles. The van der Waals surface area contributed by atoms with Crippen molar-refractivity contribution in [3.63, 3.8) is 0 Å². The number of nitrogens with zero attached hydrogens (tertiary/aromatic N) is 5. The second-order valence-corrected chi connectivity index (χ2v) is 7.18. The standard InChI is InChI=1S/C23H26N6O/c1-3-4-5-8-14-29-20-13-7-6-12-19(20)21-22(29)25-23(28-26-21)27-24-16-17-10-9-11-18(15-17)30-2/h6-7,9-13,15-16H,3-5,8,14H2,1-2H3,(H,25,27,28)/b24-16+. The number of aromatic nitrogens is 4. The predicted octanol–water partition coefficient (Wildman–Crippen LogP) is 5.01. The molecule has 0 saturated carbocycles. The van der Waals surface area contributed by atoms with Crippen LogP contribution in [-0.4, -0.2) is 33.1 Å². The third-order valence-corrected chi connectivity index (χ3v) is 5.08. The second-order valence-electron chi connectivity index (χ2n) is 7.18. The van der Waals surface area contributed by atoms with Crippen molar-refractivity contribution in [2.45, 2.75) is 39.2 Å². The Balaban J connectivity index is 1.60. The van der Waals surface area contributed by atoms with E-state index in [1.165, 1.54) is 19.3 Å². The Bertz CT molecular complexity index is 1170. The topological polar surface area (TPSA) is 77.2 Å². The summed E-state index contributed by atoms with van der Waals surface area (Å²) in [7, 11) is 1.64. The van der Waals surface area contributed by atoms with Crippen LogP contribution in [0.15, 0.2) is 53.6 Å². The van der Waals surface area contributed by atoms with Crippen molar-refractivity contribution in [3.8, 4) is 5.75 Å². The molecule has 0 bridgehead atoms. The van der Waals surface area contributed by atoms with Crippen LogP contribution in [0.25, 0.3) is 22.1 Å². The number of aryl methyl sites for hydroxylation is 1. The molecule has 0 aliphatic heterocycles. The van der Waals surface area contributed by atoms with Crippen molar-refractivity contribution >= 4 is 34.2 Å².